The lowest BCUT2D eigenvalue weighted by Crippen LogP contribution is -2.40. The molecule has 1 aliphatic carbocycles. The topological polar surface area (TPSA) is 20.2 Å². The smallest absolute Gasteiger partial charge is 0.0901 e. The Morgan fingerprint density at radius 2 is 1.70 bits per heavy atom. The molecule has 0 bridgehead atoms. The van der Waals surface area contributed by atoms with E-state index in [4.69, 9.17) is 23.2 Å². The summed E-state index contributed by atoms with van der Waals surface area (Å²) in [5, 5.41) is 12.1. The van der Waals surface area contributed by atoms with Crippen molar-refractivity contribution < 1.29 is 5.11 Å². The summed E-state index contributed by atoms with van der Waals surface area (Å²) in [4.78, 5) is 0. The largest absolute Gasteiger partial charge is 0.387 e. The Morgan fingerprint density at radius 1 is 1.00 bits per heavy atom. The fourth-order valence-electron chi connectivity index (χ4n) is 3.07. The number of aliphatic hydroxyl groups is 1. The third kappa shape index (κ3) is 2.24. The molecule has 1 aliphatic rings. The third-order valence-corrected chi connectivity index (χ3v) is 4.95. The van der Waals surface area contributed by atoms with Crippen molar-refractivity contribution in [1.82, 2.24) is 0 Å². The summed E-state index contributed by atoms with van der Waals surface area (Å²) in [5.41, 5.74) is 1.67. The van der Waals surface area contributed by atoms with E-state index < -0.39 is 6.10 Å². The third-order valence-electron chi connectivity index (χ3n) is 4.37. The second-order valence-electron chi connectivity index (χ2n) is 5.44. The van der Waals surface area contributed by atoms with Gasteiger partial charge in [-0.25, -0.2) is 0 Å². The van der Waals surface area contributed by atoms with Crippen LogP contribution in [0, 0.1) is 0 Å². The molecule has 20 heavy (non-hydrogen) atoms. The average molecular weight is 307 g/mol. The molecule has 0 spiro atoms. The number of rotatable bonds is 3. The van der Waals surface area contributed by atoms with Crippen LogP contribution in [-0.2, 0) is 5.41 Å². The van der Waals surface area contributed by atoms with E-state index in [0.717, 1.165) is 24.8 Å². The van der Waals surface area contributed by atoms with Crippen LogP contribution in [0.3, 0.4) is 0 Å². The van der Waals surface area contributed by atoms with Crippen LogP contribution in [0.2, 0.25) is 10.0 Å². The lowest BCUT2D eigenvalue weighted by Gasteiger charge is -2.46. The van der Waals surface area contributed by atoms with Crippen LogP contribution in [0.5, 0.6) is 0 Å². The summed E-state index contributed by atoms with van der Waals surface area (Å²) < 4.78 is 0. The molecule has 0 aromatic heterocycles. The molecule has 1 atom stereocenters. The highest BCUT2D eigenvalue weighted by atomic mass is 35.5. The maximum Gasteiger partial charge on any atom is 0.0901 e. The van der Waals surface area contributed by atoms with Gasteiger partial charge in [0, 0.05) is 21.0 Å². The minimum absolute atomic E-state index is 0.227. The van der Waals surface area contributed by atoms with Crippen LogP contribution < -0.4 is 0 Å². The minimum Gasteiger partial charge on any atom is -0.387 e. The zero-order valence-corrected chi connectivity index (χ0v) is 12.5. The Bertz CT molecular complexity index is 606. The van der Waals surface area contributed by atoms with Crippen LogP contribution in [0.4, 0.5) is 0 Å². The van der Waals surface area contributed by atoms with E-state index >= 15 is 0 Å². The second-order valence-corrected chi connectivity index (χ2v) is 6.29. The van der Waals surface area contributed by atoms with Crippen LogP contribution in [0.1, 0.15) is 36.5 Å². The lowest BCUT2D eigenvalue weighted by atomic mass is 9.60. The van der Waals surface area contributed by atoms with Crippen molar-refractivity contribution in [2.45, 2.75) is 30.8 Å². The molecule has 3 heteroatoms. The maximum atomic E-state index is 10.9. The molecule has 0 aliphatic heterocycles. The number of aliphatic hydroxyl groups excluding tert-OH is 1. The second kappa shape index (κ2) is 5.40. The van der Waals surface area contributed by atoms with E-state index in [1.54, 1.807) is 18.2 Å². The summed E-state index contributed by atoms with van der Waals surface area (Å²) in [6, 6.07) is 15.5. The van der Waals surface area contributed by atoms with Crippen LogP contribution in [0.25, 0.3) is 0 Å². The summed E-state index contributed by atoms with van der Waals surface area (Å²) in [6.07, 6.45) is 2.46. The van der Waals surface area contributed by atoms with Crippen LogP contribution in [0.15, 0.2) is 48.5 Å². The predicted molar refractivity (Wildman–Crippen MR) is 83.4 cm³/mol. The van der Waals surface area contributed by atoms with Crippen molar-refractivity contribution in [2.24, 2.45) is 0 Å². The van der Waals surface area contributed by atoms with Gasteiger partial charge in [0.15, 0.2) is 0 Å². The van der Waals surface area contributed by atoms with Gasteiger partial charge in [0.25, 0.3) is 0 Å². The van der Waals surface area contributed by atoms with Gasteiger partial charge in [-0.15, -0.1) is 0 Å². The Balaban J connectivity index is 2.03. The van der Waals surface area contributed by atoms with Gasteiger partial charge in [-0.1, -0.05) is 60.0 Å². The van der Waals surface area contributed by atoms with Gasteiger partial charge in [-0.2, -0.15) is 0 Å². The Kier molecular flexibility index (Phi) is 3.76. The van der Waals surface area contributed by atoms with Crippen molar-refractivity contribution in [3.63, 3.8) is 0 Å². The van der Waals surface area contributed by atoms with E-state index in [0.29, 0.717) is 10.0 Å². The molecule has 0 radical (unpaired) electrons. The molecular weight excluding hydrogens is 291 g/mol. The van der Waals surface area contributed by atoms with Crippen LogP contribution >= 0.6 is 23.2 Å². The number of halogens is 2. The first-order valence-electron chi connectivity index (χ1n) is 6.82. The first-order chi connectivity index (χ1) is 9.63. The van der Waals surface area contributed by atoms with E-state index in [1.165, 1.54) is 5.56 Å². The van der Waals surface area contributed by atoms with E-state index in [1.807, 2.05) is 18.2 Å². The zero-order chi connectivity index (χ0) is 14.2. The van der Waals surface area contributed by atoms with Gasteiger partial charge in [0.05, 0.1) is 6.10 Å². The van der Waals surface area contributed by atoms with E-state index in [9.17, 15) is 5.11 Å². The maximum absolute atomic E-state index is 10.9. The van der Waals surface area contributed by atoms with Gasteiger partial charge in [-0.3, -0.25) is 0 Å². The number of hydrogen-bond donors (Lipinski definition) is 1. The van der Waals surface area contributed by atoms with Crippen molar-refractivity contribution >= 4 is 23.2 Å². The van der Waals surface area contributed by atoms with Crippen molar-refractivity contribution in [3.8, 4) is 0 Å². The minimum atomic E-state index is -0.621. The van der Waals surface area contributed by atoms with Gasteiger partial charge >= 0.3 is 0 Å². The van der Waals surface area contributed by atoms with Gasteiger partial charge in [0.1, 0.15) is 0 Å². The summed E-state index contributed by atoms with van der Waals surface area (Å²) >= 11 is 12.3. The van der Waals surface area contributed by atoms with E-state index in [-0.39, 0.29) is 5.41 Å². The first-order valence-corrected chi connectivity index (χ1v) is 7.58. The molecule has 2 aromatic carbocycles. The van der Waals surface area contributed by atoms with Crippen molar-refractivity contribution in [3.05, 3.63) is 69.7 Å². The average Bonchev–Trinajstić information content (AvgIpc) is 2.41. The van der Waals surface area contributed by atoms with Gasteiger partial charge < -0.3 is 5.11 Å². The number of hydrogen-bond acceptors (Lipinski definition) is 1. The standard InChI is InChI=1S/C17H16Cl2O/c18-13-7-8-15(19)14(11-13)16(20)17(9-4-10-17)12-5-2-1-3-6-12/h1-3,5-8,11,16,20H,4,9-10H2. The van der Waals surface area contributed by atoms with Crippen molar-refractivity contribution in [2.75, 3.05) is 0 Å². The first kappa shape index (κ1) is 13.9. The molecule has 1 unspecified atom stereocenters. The molecule has 3 rings (SSSR count). The molecule has 0 heterocycles. The summed E-state index contributed by atoms with van der Waals surface area (Å²) in [5.74, 6) is 0. The number of benzene rings is 2. The highest BCUT2D eigenvalue weighted by molar-refractivity contribution is 6.33. The molecule has 0 amide bonds. The fraction of sp³-hybridized carbons (Fsp3) is 0.294. The van der Waals surface area contributed by atoms with Gasteiger partial charge in [0.2, 0.25) is 0 Å². The Labute approximate surface area is 129 Å². The Morgan fingerprint density at radius 3 is 2.30 bits per heavy atom. The van der Waals surface area contributed by atoms with E-state index in [2.05, 4.69) is 12.1 Å². The zero-order valence-electron chi connectivity index (χ0n) is 11.0. The van der Waals surface area contributed by atoms with Crippen molar-refractivity contribution in [1.29, 1.82) is 0 Å². The monoisotopic (exact) mass is 306 g/mol. The molecule has 1 N–H and O–H groups in total. The quantitative estimate of drug-likeness (QED) is 0.831. The summed E-state index contributed by atoms with van der Waals surface area (Å²) in [6.45, 7) is 0. The lowest BCUT2D eigenvalue weighted by molar-refractivity contribution is 0.0269. The fourth-order valence-corrected chi connectivity index (χ4v) is 3.47. The van der Waals surface area contributed by atoms with Crippen LogP contribution in [-0.4, -0.2) is 5.11 Å². The molecule has 0 saturated heterocycles. The summed E-state index contributed by atoms with van der Waals surface area (Å²) in [7, 11) is 0. The molecule has 104 valence electrons. The Hall–Kier alpha value is -1.02. The highest BCUT2D eigenvalue weighted by Gasteiger charge is 2.46. The molecule has 1 nitrogen and oxygen atoms in total. The normalized spacial score (nSPS) is 18.4. The highest BCUT2D eigenvalue weighted by Crippen LogP contribution is 2.53. The molecule has 2 aromatic rings. The molecule has 1 saturated carbocycles. The van der Waals surface area contributed by atoms with Gasteiger partial charge in [-0.05, 0) is 36.6 Å². The molecular formula is C17H16Cl2O. The SMILES string of the molecule is OC(c1cc(Cl)ccc1Cl)C1(c2ccccc2)CCC1. The predicted octanol–water partition coefficient (Wildman–Crippen LogP) is 5.15. The molecule has 1 fully saturated rings.